The number of pyridine rings is 1. The molecule has 98 valence electrons. The minimum absolute atomic E-state index is 0.419. The van der Waals surface area contributed by atoms with Crippen LogP contribution in [0.5, 0.6) is 0 Å². The molecule has 2 heteroatoms. The highest BCUT2D eigenvalue weighted by Gasteiger charge is 2.17. The van der Waals surface area contributed by atoms with Gasteiger partial charge in [0, 0.05) is 12.4 Å². The first-order valence-corrected chi connectivity index (χ1v) is 7.09. The molecule has 0 fully saturated rings. The molecule has 1 aromatic carbocycles. The molecule has 0 amide bonds. The second kappa shape index (κ2) is 5.43. The van der Waals surface area contributed by atoms with Crippen LogP contribution in [-0.4, -0.2) is 4.98 Å². The van der Waals surface area contributed by atoms with Crippen molar-refractivity contribution in [2.45, 2.75) is 38.6 Å². The largest absolute Gasteiger partial charge is 0.377 e. The van der Waals surface area contributed by atoms with Crippen molar-refractivity contribution in [1.29, 1.82) is 0 Å². The quantitative estimate of drug-likeness (QED) is 0.807. The minimum atomic E-state index is 0.419. The fourth-order valence-electron chi connectivity index (χ4n) is 2.91. The van der Waals surface area contributed by atoms with Gasteiger partial charge in [-0.25, -0.2) is 0 Å². The Morgan fingerprint density at radius 3 is 2.95 bits per heavy atom. The standard InChI is InChI=1S/C17H20N2/c1-13-10-15(12-18-11-13)19-17-9-5-3-7-14-6-2-4-8-16(14)17/h2,4,6,8,10-12,17,19H,3,5,7,9H2,1H3. The fourth-order valence-corrected chi connectivity index (χ4v) is 2.91. The number of fused-ring (bicyclic) bond motifs is 1. The third-order valence-corrected chi connectivity index (χ3v) is 3.84. The Balaban J connectivity index is 1.88. The Hall–Kier alpha value is -1.83. The molecule has 1 unspecified atom stereocenters. The van der Waals surface area contributed by atoms with Crippen molar-refractivity contribution in [3.63, 3.8) is 0 Å². The second-order valence-corrected chi connectivity index (χ2v) is 5.39. The third-order valence-electron chi connectivity index (χ3n) is 3.84. The summed E-state index contributed by atoms with van der Waals surface area (Å²) in [6, 6.07) is 11.4. The van der Waals surface area contributed by atoms with Crippen molar-refractivity contribution >= 4 is 5.69 Å². The molecule has 0 radical (unpaired) electrons. The van der Waals surface area contributed by atoms with Crippen molar-refractivity contribution in [2.24, 2.45) is 0 Å². The maximum atomic E-state index is 4.27. The zero-order chi connectivity index (χ0) is 13.1. The lowest BCUT2D eigenvalue weighted by Crippen LogP contribution is -2.11. The van der Waals surface area contributed by atoms with Crippen LogP contribution in [0.3, 0.4) is 0 Å². The molecular formula is C17H20N2. The number of aryl methyl sites for hydroxylation is 2. The fraction of sp³-hybridized carbons (Fsp3) is 0.353. The lowest BCUT2D eigenvalue weighted by molar-refractivity contribution is 0.644. The van der Waals surface area contributed by atoms with Crippen LogP contribution in [0.25, 0.3) is 0 Å². The van der Waals surface area contributed by atoms with Crippen molar-refractivity contribution in [1.82, 2.24) is 4.98 Å². The van der Waals surface area contributed by atoms with Gasteiger partial charge in [0.1, 0.15) is 0 Å². The van der Waals surface area contributed by atoms with E-state index in [0.717, 1.165) is 5.69 Å². The summed E-state index contributed by atoms with van der Waals surface area (Å²) >= 11 is 0. The smallest absolute Gasteiger partial charge is 0.0534 e. The molecule has 0 saturated heterocycles. The van der Waals surface area contributed by atoms with E-state index in [1.807, 2.05) is 12.4 Å². The van der Waals surface area contributed by atoms with Crippen LogP contribution in [-0.2, 0) is 6.42 Å². The van der Waals surface area contributed by atoms with Crippen molar-refractivity contribution < 1.29 is 0 Å². The second-order valence-electron chi connectivity index (χ2n) is 5.39. The van der Waals surface area contributed by atoms with E-state index < -0.39 is 0 Å². The number of anilines is 1. The molecule has 2 nitrogen and oxygen atoms in total. The van der Waals surface area contributed by atoms with Crippen LogP contribution in [0.15, 0.2) is 42.7 Å². The molecule has 0 aliphatic heterocycles. The van der Waals surface area contributed by atoms with E-state index in [1.54, 1.807) is 0 Å². The molecule has 1 atom stereocenters. The topological polar surface area (TPSA) is 24.9 Å². The van der Waals surface area contributed by atoms with Gasteiger partial charge in [-0.05, 0) is 48.9 Å². The summed E-state index contributed by atoms with van der Waals surface area (Å²) in [4.78, 5) is 4.27. The summed E-state index contributed by atoms with van der Waals surface area (Å²) in [6.45, 7) is 2.08. The van der Waals surface area contributed by atoms with Gasteiger partial charge in [-0.1, -0.05) is 30.7 Å². The Bertz CT molecular complexity index is 563. The van der Waals surface area contributed by atoms with Crippen molar-refractivity contribution in [3.8, 4) is 0 Å². The molecule has 1 aromatic heterocycles. The van der Waals surface area contributed by atoms with Gasteiger partial charge in [0.2, 0.25) is 0 Å². The van der Waals surface area contributed by atoms with E-state index in [1.165, 1.54) is 42.4 Å². The van der Waals surface area contributed by atoms with Crippen LogP contribution < -0.4 is 5.32 Å². The van der Waals surface area contributed by atoms with Crippen LogP contribution in [0.4, 0.5) is 5.69 Å². The molecule has 1 N–H and O–H groups in total. The predicted octanol–water partition coefficient (Wildman–Crippen LogP) is 4.27. The van der Waals surface area contributed by atoms with Crippen molar-refractivity contribution in [2.75, 3.05) is 5.32 Å². The highest BCUT2D eigenvalue weighted by molar-refractivity contribution is 5.46. The highest BCUT2D eigenvalue weighted by atomic mass is 14.9. The van der Waals surface area contributed by atoms with E-state index in [-0.39, 0.29) is 0 Å². The monoisotopic (exact) mass is 252 g/mol. The summed E-state index contributed by atoms with van der Waals surface area (Å²) in [6.07, 6.45) is 8.80. The van der Waals surface area contributed by atoms with Gasteiger partial charge in [-0.15, -0.1) is 0 Å². The van der Waals surface area contributed by atoms with Crippen molar-refractivity contribution in [3.05, 3.63) is 59.4 Å². The average Bonchev–Trinajstić information content (AvgIpc) is 2.62. The maximum absolute atomic E-state index is 4.27. The molecule has 1 aliphatic carbocycles. The predicted molar refractivity (Wildman–Crippen MR) is 79.3 cm³/mol. The zero-order valence-corrected chi connectivity index (χ0v) is 11.4. The molecule has 0 spiro atoms. The molecule has 2 aromatic rings. The third kappa shape index (κ3) is 2.78. The van der Waals surface area contributed by atoms with Gasteiger partial charge < -0.3 is 5.32 Å². The van der Waals surface area contributed by atoms with Crippen LogP contribution in [0, 0.1) is 6.92 Å². The first-order chi connectivity index (χ1) is 9.33. The number of benzene rings is 1. The first-order valence-electron chi connectivity index (χ1n) is 7.09. The normalized spacial score (nSPS) is 18.5. The number of hydrogen-bond donors (Lipinski definition) is 1. The molecule has 19 heavy (non-hydrogen) atoms. The van der Waals surface area contributed by atoms with Gasteiger partial charge in [-0.3, -0.25) is 4.98 Å². The molecule has 0 saturated carbocycles. The minimum Gasteiger partial charge on any atom is -0.377 e. The first kappa shape index (κ1) is 12.2. The summed E-state index contributed by atoms with van der Waals surface area (Å²) in [7, 11) is 0. The number of hydrogen-bond acceptors (Lipinski definition) is 2. The molecule has 1 aliphatic rings. The van der Waals surface area contributed by atoms with E-state index in [4.69, 9.17) is 0 Å². The summed E-state index contributed by atoms with van der Waals surface area (Å²) in [5.74, 6) is 0. The van der Waals surface area contributed by atoms with E-state index >= 15 is 0 Å². The Kier molecular flexibility index (Phi) is 3.49. The van der Waals surface area contributed by atoms with Crippen LogP contribution in [0.2, 0.25) is 0 Å². The molecule has 3 rings (SSSR count). The van der Waals surface area contributed by atoms with E-state index in [2.05, 4.69) is 47.6 Å². The highest BCUT2D eigenvalue weighted by Crippen LogP contribution is 2.31. The number of rotatable bonds is 2. The van der Waals surface area contributed by atoms with Gasteiger partial charge in [0.25, 0.3) is 0 Å². The summed E-state index contributed by atoms with van der Waals surface area (Å²) < 4.78 is 0. The van der Waals surface area contributed by atoms with E-state index in [0.29, 0.717) is 6.04 Å². The lowest BCUT2D eigenvalue weighted by atomic mass is 9.99. The van der Waals surface area contributed by atoms with Gasteiger partial charge >= 0.3 is 0 Å². The molecule has 0 bridgehead atoms. The zero-order valence-electron chi connectivity index (χ0n) is 11.4. The van der Waals surface area contributed by atoms with Gasteiger partial charge in [0.05, 0.1) is 11.7 Å². The summed E-state index contributed by atoms with van der Waals surface area (Å²) in [5.41, 5.74) is 5.29. The lowest BCUT2D eigenvalue weighted by Gasteiger charge is -2.20. The van der Waals surface area contributed by atoms with Crippen LogP contribution >= 0.6 is 0 Å². The maximum Gasteiger partial charge on any atom is 0.0534 e. The molecule has 1 heterocycles. The Morgan fingerprint density at radius 1 is 1.16 bits per heavy atom. The van der Waals surface area contributed by atoms with E-state index in [9.17, 15) is 0 Å². The molecular weight excluding hydrogens is 232 g/mol. The van der Waals surface area contributed by atoms with Gasteiger partial charge in [-0.2, -0.15) is 0 Å². The Labute approximate surface area is 114 Å². The van der Waals surface area contributed by atoms with Crippen LogP contribution in [0.1, 0.15) is 42.0 Å². The van der Waals surface area contributed by atoms with Gasteiger partial charge in [0.15, 0.2) is 0 Å². The average molecular weight is 252 g/mol. The number of aromatic nitrogens is 1. The number of nitrogens with one attached hydrogen (secondary N) is 1. The number of nitrogens with zero attached hydrogens (tertiary/aromatic N) is 1. The summed E-state index contributed by atoms with van der Waals surface area (Å²) in [5, 5.41) is 3.66. The SMILES string of the molecule is Cc1cncc(NC2CCCCc3ccccc32)c1. The Morgan fingerprint density at radius 2 is 2.05 bits per heavy atom.